The number of amides is 1. The van der Waals surface area contributed by atoms with E-state index in [9.17, 15) is 4.79 Å². The van der Waals surface area contributed by atoms with Crippen LogP contribution in [0.15, 0.2) is 47.8 Å². The largest absolute Gasteiger partial charge is 0.485 e. The molecule has 1 aliphatic heterocycles. The molecule has 2 heterocycles. The zero-order valence-electron chi connectivity index (χ0n) is 14.5. The Morgan fingerprint density at radius 1 is 1.19 bits per heavy atom. The van der Waals surface area contributed by atoms with Gasteiger partial charge in [-0.25, -0.2) is 4.98 Å². The summed E-state index contributed by atoms with van der Waals surface area (Å²) in [4.78, 5) is 17.0. The second-order valence-electron chi connectivity index (χ2n) is 6.21. The van der Waals surface area contributed by atoms with Gasteiger partial charge in [0, 0.05) is 10.9 Å². The molecule has 1 N–H and O–H groups in total. The van der Waals surface area contributed by atoms with E-state index < -0.39 is 6.10 Å². The van der Waals surface area contributed by atoms with Crippen LogP contribution in [0.4, 0.5) is 5.13 Å². The maximum Gasteiger partial charge on any atom is 0.270 e. The van der Waals surface area contributed by atoms with Gasteiger partial charge in [-0.05, 0) is 31.5 Å². The number of carbonyl (C=O) groups excluding carboxylic acids is 1. The SMILES string of the molecule is Cc1ccc(-c2csc(NC(=O)[C@H]3COc4ccccc4O3)n2)c(C)c1. The maximum atomic E-state index is 12.5. The van der Waals surface area contributed by atoms with Gasteiger partial charge in [0.2, 0.25) is 6.10 Å². The average Bonchev–Trinajstić information content (AvgIpc) is 3.09. The summed E-state index contributed by atoms with van der Waals surface area (Å²) in [5, 5.41) is 5.32. The Labute approximate surface area is 155 Å². The van der Waals surface area contributed by atoms with Crippen molar-refractivity contribution in [3.05, 3.63) is 59.0 Å². The minimum absolute atomic E-state index is 0.179. The minimum atomic E-state index is -0.696. The van der Waals surface area contributed by atoms with Gasteiger partial charge in [-0.1, -0.05) is 35.9 Å². The third-order valence-electron chi connectivity index (χ3n) is 4.19. The molecule has 6 heteroatoms. The Morgan fingerprint density at radius 3 is 2.81 bits per heavy atom. The summed E-state index contributed by atoms with van der Waals surface area (Å²) in [6.45, 7) is 4.30. The van der Waals surface area contributed by atoms with Crippen molar-refractivity contribution < 1.29 is 14.3 Å². The van der Waals surface area contributed by atoms with Crippen molar-refractivity contribution >= 4 is 22.4 Å². The molecule has 4 rings (SSSR count). The monoisotopic (exact) mass is 366 g/mol. The Morgan fingerprint density at radius 2 is 2.00 bits per heavy atom. The van der Waals surface area contributed by atoms with E-state index in [-0.39, 0.29) is 12.5 Å². The molecule has 0 fully saturated rings. The number of anilines is 1. The number of fused-ring (bicyclic) bond motifs is 1. The number of para-hydroxylation sites is 2. The number of benzene rings is 2. The third-order valence-corrected chi connectivity index (χ3v) is 4.95. The first-order valence-corrected chi connectivity index (χ1v) is 9.20. The second-order valence-corrected chi connectivity index (χ2v) is 7.07. The fourth-order valence-electron chi connectivity index (χ4n) is 2.89. The Balaban J connectivity index is 1.47. The number of nitrogens with one attached hydrogen (secondary N) is 1. The number of carbonyl (C=O) groups is 1. The standard InChI is InChI=1S/C20H18N2O3S/c1-12-7-8-14(13(2)9-12)15-11-26-20(21-15)22-19(23)18-10-24-16-5-3-4-6-17(16)25-18/h3-9,11,18H,10H2,1-2H3,(H,21,22,23)/t18-/m1/s1. The first kappa shape index (κ1) is 16.6. The predicted molar refractivity (Wildman–Crippen MR) is 102 cm³/mol. The van der Waals surface area contributed by atoms with Gasteiger partial charge in [0.05, 0.1) is 5.69 Å². The zero-order chi connectivity index (χ0) is 18.1. The van der Waals surface area contributed by atoms with E-state index in [0.29, 0.717) is 16.6 Å². The fourth-order valence-corrected chi connectivity index (χ4v) is 3.60. The quantitative estimate of drug-likeness (QED) is 0.754. The van der Waals surface area contributed by atoms with Crippen LogP contribution in [0.25, 0.3) is 11.3 Å². The highest BCUT2D eigenvalue weighted by Crippen LogP contribution is 2.32. The second kappa shape index (κ2) is 6.80. The van der Waals surface area contributed by atoms with Crippen LogP contribution in [0.3, 0.4) is 0 Å². The van der Waals surface area contributed by atoms with Crippen molar-refractivity contribution in [3.63, 3.8) is 0 Å². The van der Waals surface area contributed by atoms with Crippen LogP contribution in [-0.2, 0) is 4.79 Å². The zero-order valence-corrected chi connectivity index (χ0v) is 15.3. The van der Waals surface area contributed by atoms with Crippen LogP contribution in [-0.4, -0.2) is 23.6 Å². The number of aromatic nitrogens is 1. The summed E-state index contributed by atoms with van der Waals surface area (Å²) in [6, 6.07) is 13.6. The van der Waals surface area contributed by atoms with Gasteiger partial charge in [0.1, 0.15) is 6.61 Å². The van der Waals surface area contributed by atoms with E-state index >= 15 is 0 Å². The van der Waals surface area contributed by atoms with Crippen LogP contribution in [0, 0.1) is 13.8 Å². The lowest BCUT2D eigenvalue weighted by molar-refractivity contribution is -0.125. The smallest absolute Gasteiger partial charge is 0.270 e. The van der Waals surface area contributed by atoms with E-state index in [2.05, 4.69) is 42.3 Å². The van der Waals surface area contributed by atoms with Gasteiger partial charge in [0.15, 0.2) is 16.6 Å². The first-order chi connectivity index (χ1) is 12.6. The minimum Gasteiger partial charge on any atom is -0.485 e. The molecule has 1 atom stereocenters. The van der Waals surface area contributed by atoms with Gasteiger partial charge in [-0.2, -0.15) is 0 Å². The normalized spacial score (nSPS) is 15.5. The van der Waals surface area contributed by atoms with Crippen molar-refractivity contribution in [1.29, 1.82) is 0 Å². The molecule has 2 aromatic carbocycles. The number of hydrogen-bond donors (Lipinski definition) is 1. The van der Waals surface area contributed by atoms with E-state index in [1.165, 1.54) is 16.9 Å². The van der Waals surface area contributed by atoms with Gasteiger partial charge < -0.3 is 9.47 Å². The van der Waals surface area contributed by atoms with E-state index in [1.807, 2.05) is 23.6 Å². The Bertz CT molecular complexity index is 967. The van der Waals surface area contributed by atoms with E-state index in [4.69, 9.17) is 9.47 Å². The number of rotatable bonds is 3. The van der Waals surface area contributed by atoms with Gasteiger partial charge in [0.25, 0.3) is 5.91 Å². The summed E-state index contributed by atoms with van der Waals surface area (Å²) in [7, 11) is 0. The molecule has 1 aromatic heterocycles. The maximum absolute atomic E-state index is 12.5. The van der Waals surface area contributed by atoms with Crippen LogP contribution < -0.4 is 14.8 Å². The summed E-state index contributed by atoms with van der Waals surface area (Å²) in [6.07, 6.45) is -0.696. The van der Waals surface area contributed by atoms with Gasteiger partial charge in [-0.3, -0.25) is 10.1 Å². The van der Waals surface area contributed by atoms with Crippen LogP contribution in [0.1, 0.15) is 11.1 Å². The van der Waals surface area contributed by atoms with Crippen LogP contribution in [0.5, 0.6) is 11.5 Å². The van der Waals surface area contributed by atoms with Crippen LogP contribution in [0.2, 0.25) is 0 Å². The highest BCUT2D eigenvalue weighted by Gasteiger charge is 2.27. The van der Waals surface area contributed by atoms with Crippen molar-refractivity contribution in [3.8, 4) is 22.8 Å². The van der Waals surface area contributed by atoms with Crippen molar-refractivity contribution in [2.24, 2.45) is 0 Å². The Kier molecular flexibility index (Phi) is 4.34. The molecule has 0 saturated carbocycles. The lowest BCUT2D eigenvalue weighted by Gasteiger charge is -2.25. The van der Waals surface area contributed by atoms with Crippen molar-refractivity contribution in [2.45, 2.75) is 20.0 Å². The lowest BCUT2D eigenvalue weighted by Crippen LogP contribution is -2.40. The molecule has 1 aliphatic rings. The molecule has 26 heavy (non-hydrogen) atoms. The molecule has 5 nitrogen and oxygen atoms in total. The summed E-state index contributed by atoms with van der Waals surface area (Å²) in [5.74, 6) is 0.970. The molecule has 0 bridgehead atoms. The van der Waals surface area contributed by atoms with Gasteiger partial charge in [-0.15, -0.1) is 11.3 Å². The Hall–Kier alpha value is -2.86. The number of aryl methyl sites for hydroxylation is 2. The number of hydrogen-bond acceptors (Lipinski definition) is 5. The van der Waals surface area contributed by atoms with Crippen molar-refractivity contribution in [2.75, 3.05) is 11.9 Å². The number of thiazole rings is 1. The summed E-state index contributed by atoms with van der Waals surface area (Å²) < 4.78 is 11.3. The highest BCUT2D eigenvalue weighted by atomic mass is 32.1. The average molecular weight is 366 g/mol. The number of ether oxygens (including phenoxy) is 2. The molecular formula is C20H18N2O3S. The molecule has 0 aliphatic carbocycles. The topological polar surface area (TPSA) is 60.5 Å². The molecule has 0 unspecified atom stereocenters. The fraction of sp³-hybridized carbons (Fsp3) is 0.200. The third kappa shape index (κ3) is 3.28. The summed E-state index contributed by atoms with van der Waals surface area (Å²) >= 11 is 1.40. The molecule has 0 spiro atoms. The van der Waals surface area contributed by atoms with Gasteiger partial charge >= 0.3 is 0 Å². The number of nitrogens with zero attached hydrogens (tertiary/aromatic N) is 1. The van der Waals surface area contributed by atoms with Crippen molar-refractivity contribution in [1.82, 2.24) is 4.98 Å². The summed E-state index contributed by atoms with van der Waals surface area (Å²) in [5.41, 5.74) is 4.30. The van der Waals surface area contributed by atoms with Crippen LogP contribution >= 0.6 is 11.3 Å². The molecule has 0 saturated heterocycles. The van der Waals surface area contributed by atoms with E-state index in [0.717, 1.165) is 16.8 Å². The lowest BCUT2D eigenvalue weighted by atomic mass is 10.0. The molecular weight excluding hydrogens is 348 g/mol. The molecule has 3 aromatic rings. The molecule has 132 valence electrons. The first-order valence-electron chi connectivity index (χ1n) is 8.32. The molecule has 0 radical (unpaired) electrons. The van der Waals surface area contributed by atoms with E-state index in [1.54, 1.807) is 6.07 Å². The molecule has 1 amide bonds. The highest BCUT2D eigenvalue weighted by molar-refractivity contribution is 7.14. The predicted octanol–water partition coefficient (Wildman–Crippen LogP) is 4.21.